The van der Waals surface area contributed by atoms with Crippen molar-refractivity contribution in [1.29, 1.82) is 0 Å². The topological polar surface area (TPSA) is 35.3 Å². The molecule has 0 unspecified atom stereocenters. The summed E-state index contributed by atoms with van der Waals surface area (Å²) in [6.07, 6.45) is -1.96. The Hall–Kier alpha value is -1.98. The number of aromatic nitrogens is 1. The van der Waals surface area contributed by atoms with Crippen LogP contribution >= 0.6 is 0 Å². The fraction of sp³-hybridized carbons (Fsp3) is 0.100. The Morgan fingerprint density at radius 3 is 2.31 bits per heavy atom. The van der Waals surface area contributed by atoms with Crippen LogP contribution in [0.1, 0.15) is 0 Å². The van der Waals surface area contributed by atoms with Crippen molar-refractivity contribution in [3.63, 3.8) is 0 Å². The molecule has 2 aromatic rings. The van der Waals surface area contributed by atoms with Gasteiger partial charge < -0.3 is 9.15 Å². The summed E-state index contributed by atoms with van der Waals surface area (Å²) in [5.41, 5.74) is 0.632. The van der Waals surface area contributed by atoms with Crippen molar-refractivity contribution >= 4 is 0 Å². The van der Waals surface area contributed by atoms with Crippen LogP contribution in [0.4, 0.5) is 13.2 Å². The molecule has 0 spiro atoms. The second-order valence-electron chi connectivity index (χ2n) is 2.94. The second-order valence-corrected chi connectivity index (χ2v) is 2.94. The highest BCUT2D eigenvalue weighted by Crippen LogP contribution is 2.26. The van der Waals surface area contributed by atoms with Crippen LogP contribution in [0, 0.1) is 0 Å². The van der Waals surface area contributed by atoms with Crippen molar-refractivity contribution < 1.29 is 22.3 Å². The van der Waals surface area contributed by atoms with Gasteiger partial charge in [0.15, 0.2) is 12.2 Å². The van der Waals surface area contributed by atoms with E-state index in [1.165, 1.54) is 36.9 Å². The van der Waals surface area contributed by atoms with E-state index in [0.29, 0.717) is 11.3 Å². The highest BCUT2D eigenvalue weighted by atomic mass is 19.4. The lowest BCUT2D eigenvalue weighted by atomic mass is 10.2. The van der Waals surface area contributed by atoms with Crippen molar-refractivity contribution in [2.75, 3.05) is 0 Å². The van der Waals surface area contributed by atoms with E-state index in [0.717, 1.165) is 0 Å². The van der Waals surface area contributed by atoms with Gasteiger partial charge in [-0.25, -0.2) is 4.98 Å². The lowest BCUT2D eigenvalue weighted by Gasteiger charge is -2.08. The third-order valence-corrected chi connectivity index (χ3v) is 1.80. The van der Waals surface area contributed by atoms with Gasteiger partial charge in [-0.3, -0.25) is 0 Å². The van der Waals surface area contributed by atoms with Gasteiger partial charge in [0.2, 0.25) is 0 Å². The van der Waals surface area contributed by atoms with E-state index in [4.69, 9.17) is 4.42 Å². The van der Waals surface area contributed by atoms with Crippen molar-refractivity contribution in [3.8, 4) is 17.1 Å². The number of oxazole rings is 1. The molecule has 1 heterocycles. The van der Waals surface area contributed by atoms with Crippen molar-refractivity contribution in [2.24, 2.45) is 0 Å². The van der Waals surface area contributed by atoms with Gasteiger partial charge in [-0.2, -0.15) is 0 Å². The van der Waals surface area contributed by atoms with Crippen LogP contribution in [-0.2, 0) is 0 Å². The predicted octanol–water partition coefficient (Wildman–Crippen LogP) is 3.24. The molecule has 0 bridgehead atoms. The van der Waals surface area contributed by atoms with Crippen LogP contribution in [-0.4, -0.2) is 11.3 Å². The number of rotatable bonds is 2. The molecule has 84 valence electrons. The third kappa shape index (κ3) is 2.53. The minimum atomic E-state index is -4.67. The molecule has 2 rings (SSSR count). The molecule has 0 amide bonds. The Morgan fingerprint density at radius 1 is 1.12 bits per heavy atom. The average molecular weight is 229 g/mol. The quantitative estimate of drug-likeness (QED) is 0.792. The normalized spacial score (nSPS) is 11.4. The Kier molecular flexibility index (Phi) is 2.55. The minimum Gasteiger partial charge on any atom is -0.444 e. The number of alkyl halides is 3. The van der Waals surface area contributed by atoms with E-state index < -0.39 is 6.36 Å². The first kappa shape index (κ1) is 10.5. The smallest absolute Gasteiger partial charge is 0.444 e. The van der Waals surface area contributed by atoms with E-state index in [1.54, 1.807) is 0 Å². The zero-order valence-corrected chi connectivity index (χ0v) is 7.86. The molecule has 0 aliphatic heterocycles. The molecule has 6 heteroatoms. The summed E-state index contributed by atoms with van der Waals surface area (Å²) in [5.74, 6) is 0.217. The zero-order valence-electron chi connectivity index (χ0n) is 7.86. The Bertz CT molecular complexity index is 448. The van der Waals surface area contributed by atoms with E-state index in [-0.39, 0.29) is 5.75 Å². The summed E-state index contributed by atoms with van der Waals surface area (Å²) in [6, 6.07) is 5.35. The van der Waals surface area contributed by atoms with Crippen LogP contribution in [0.15, 0.2) is 41.3 Å². The molecule has 1 aromatic heterocycles. The highest BCUT2D eigenvalue weighted by molar-refractivity contribution is 5.57. The number of benzene rings is 1. The number of hydrogen-bond acceptors (Lipinski definition) is 3. The van der Waals surface area contributed by atoms with E-state index in [2.05, 4.69) is 9.72 Å². The molecule has 0 saturated heterocycles. The van der Waals surface area contributed by atoms with Crippen LogP contribution < -0.4 is 4.74 Å². The van der Waals surface area contributed by atoms with Gasteiger partial charge in [0.25, 0.3) is 0 Å². The average Bonchev–Trinajstić information content (AvgIpc) is 2.69. The van der Waals surface area contributed by atoms with Gasteiger partial charge in [-0.15, -0.1) is 13.2 Å². The zero-order chi connectivity index (χ0) is 11.6. The first-order chi connectivity index (χ1) is 7.54. The molecule has 0 radical (unpaired) electrons. The molecular formula is C10H6F3NO2. The Balaban J connectivity index is 2.17. The maximum Gasteiger partial charge on any atom is 0.573 e. The standard InChI is InChI=1S/C10H6F3NO2/c11-10(12,13)16-8-3-1-7(2-4-8)9-5-14-6-15-9/h1-6H. The van der Waals surface area contributed by atoms with Crippen LogP contribution in [0.2, 0.25) is 0 Å². The molecule has 0 N–H and O–H groups in total. The summed E-state index contributed by atoms with van der Waals surface area (Å²) in [7, 11) is 0. The summed E-state index contributed by atoms with van der Waals surface area (Å²) in [5, 5.41) is 0. The largest absolute Gasteiger partial charge is 0.573 e. The first-order valence-corrected chi connectivity index (χ1v) is 4.29. The van der Waals surface area contributed by atoms with Gasteiger partial charge >= 0.3 is 6.36 Å². The Morgan fingerprint density at radius 2 is 1.81 bits per heavy atom. The number of hydrogen-bond donors (Lipinski definition) is 0. The summed E-state index contributed by atoms with van der Waals surface area (Å²) in [6.45, 7) is 0. The van der Waals surface area contributed by atoms with Gasteiger partial charge in [0.1, 0.15) is 5.75 Å². The number of halogens is 3. The third-order valence-electron chi connectivity index (χ3n) is 1.80. The molecule has 0 fully saturated rings. The maximum absolute atomic E-state index is 11.9. The fourth-order valence-electron chi connectivity index (χ4n) is 1.18. The van der Waals surface area contributed by atoms with E-state index in [9.17, 15) is 13.2 Å². The highest BCUT2D eigenvalue weighted by Gasteiger charge is 2.30. The van der Waals surface area contributed by atoms with E-state index in [1.807, 2.05) is 0 Å². The summed E-state index contributed by atoms with van der Waals surface area (Å²) in [4.78, 5) is 3.70. The summed E-state index contributed by atoms with van der Waals surface area (Å²) >= 11 is 0. The second kappa shape index (κ2) is 3.88. The molecule has 0 aliphatic rings. The first-order valence-electron chi connectivity index (χ1n) is 4.29. The molecule has 0 saturated carbocycles. The molecule has 0 aliphatic carbocycles. The van der Waals surface area contributed by atoms with Crippen LogP contribution in [0.25, 0.3) is 11.3 Å². The van der Waals surface area contributed by atoms with Crippen LogP contribution in [0.5, 0.6) is 5.75 Å². The SMILES string of the molecule is FC(F)(F)Oc1ccc(-c2cnco2)cc1. The molecule has 3 nitrogen and oxygen atoms in total. The van der Waals surface area contributed by atoms with Crippen molar-refractivity contribution in [2.45, 2.75) is 6.36 Å². The fourth-order valence-corrected chi connectivity index (χ4v) is 1.18. The van der Waals surface area contributed by atoms with Gasteiger partial charge in [-0.05, 0) is 24.3 Å². The maximum atomic E-state index is 11.9. The molecule has 0 atom stereocenters. The number of ether oxygens (including phenoxy) is 1. The number of nitrogens with zero attached hydrogens (tertiary/aromatic N) is 1. The van der Waals surface area contributed by atoms with Crippen LogP contribution in [0.3, 0.4) is 0 Å². The monoisotopic (exact) mass is 229 g/mol. The summed E-state index contributed by atoms with van der Waals surface area (Å²) < 4.78 is 44.3. The molecule has 1 aromatic carbocycles. The molecule has 16 heavy (non-hydrogen) atoms. The van der Waals surface area contributed by atoms with Gasteiger partial charge in [0.05, 0.1) is 6.20 Å². The molecular weight excluding hydrogens is 223 g/mol. The van der Waals surface area contributed by atoms with Crippen molar-refractivity contribution in [1.82, 2.24) is 4.98 Å². The lowest BCUT2D eigenvalue weighted by molar-refractivity contribution is -0.274. The lowest BCUT2D eigenvalue weighted by Crippen LogP contribution is -2.16. The Labute approximate surface area is 88.5 Å². The van der Waals surface area contributed by atoms with Crippen molar-refractivity contribution in [3.05, 3.63) is 36.9 Å². The van der Waals surface area contributed by atoms with Gasteiger partial charge in [-0.1, -0.05) is 0 Å². The van der Waals surface area contributed by atoms with Gasteiger partial charge in [0, 0.05) is 5.56 Å². The predicted molar refractivity (Wildman–Crippen MR) is 48.6 cm³/mol. The van der Waals surface area contributed by atoms with E-state index >= 15 is 0 Å². The minimum absolute atomic E-state index is 0.268.